The Kier molecular flexibility index (Phi) is 10.1. The van der Waals surface area contributed by atoms with Crippen molar-refractivity contribution in [3.63, 3.8) is 0 Å². The monoisotopic (exact) mass is 575 g/mol. The second-order valence-electron chi connectivity index (χ2n) is 9.93. The summed E-state index contributed by atoms with van der Waals surface area (Å²) in [7, 11) is -4.18. The Balaban J connectivity index is 1.51. The van der Waals surface area contributed by atoms with E-state index in [4.69, 9.17) is 14.2 Å². The zero-order valence-corrected chi connectivity index (χ0v) is 23.4. The Morgan fingerprint density at radius 3 is 2.27 bits per heavy atom. The SMILES string of the molecule is CC(C)(C)OC(=O)N[C@@H](CCCCNC(=O)OCc1ccccc1)C(=O)OCN1C(=O)c2ccccc2S1(=O)=O. The largest absolute Gasteiger partial charge is 0.445 e. The molecule has 0 fully saturated rings. The van der Waals surface area contributed by atoms with Crippen LogP contribution in [0.25, 0.3) is 0 Å². The topological polar surface area (TPSA) is 157 Å². The van der Waals surface area contributed by atoms with Crippen molar-refractivity contribution in [3.05, 3.63) is 65.7 Å². The highest BCUT2D eigenvalue weighted by atomic mass is 32.2. The van der Waals surface area contributed by atoms with Crippen molar-refractivity contribution in [2.75, 3.05) is 13.3 Å². The Hall–Kier alpha value is -4.13. The summed E-state index contributed by atoms with van der Waals surface area (Å²) in [6, 6.07) is 13.7. The Morgan fingerprint density at radius 1 is 0.925 bits per heavy atom. The number of unbranched alkanes of at least 4 members (excludes halogenated alkanes) is 1. The molecule has 0 bridgehead atoms. The van der Waals surface area contributed by atoms with Crippen LogP contribution in [0.5, 0.6) is 0 Å². The van der Waals surface area contributed by atoms with Gasteiger partial charge in [-0.3, -0.25) is 4.79 Å². The van der Waals surface area contributed by atoms with Gasteiger partial charge in [0.1, 0.15) is 23.1 Å². The summed E-state index contributed by atoms with van der Waals surface area (Å²) in [5.41, 5.74) is 0.000939. The molecule has 0 unspecified atom stereocenters. The normalized spacial score (nSPS) is 14.6. The lowest BCUT2D eigenvalue weighted by Crippen LogP contribution is -2.45. The average molecular weight is 576 g/mol. The molecular formula is C27H33N3O9S. The minimum Gasteiger partial charge on any atom is -0.445 e. The highest BCUT2D eigenvalue weighted by Gasteiger charge is 2.42. The molecule has 0 saturated heterocycles. The number of hydrogen-bond acceptors (Lipinski definition) is 9. The number of nitrogens with zero attached hydrogens (tertiary/aromatic N) is 1. The molecule has 0 aliphatic carbocycles. The molecule has 0 aromatic heterocycles. The summed E-state index contributed by atoms with van der Waals surface area (Å²) in [6.07, 6.45) is -0.548. The molecule has 1 heterocycles. The van der Waals surface area contributed by atoms with Crippen LogP contribution < -0.4 is 10.6 Å². The van der Waals surface area contributed by atoms with E-state index in [9.17, 15) is 27.6 Å². The number of benzene rings is 2. The van der Waals surface area contributed by atoms with Gasteiger partial charge in [0.2, 0.25) is 0 Å². The third-order valence-electron chi connectivity index (χ3n) is 5.61. The zero-order chi connectivity index (χ0) is 29.3. The minimum atomic E-state index is -4.18. The maximum atomic E-state index is 12.9. The molecule has 2 aromatic rings. The van der Waals surface area contributed by atoms with Gasteiger partial charge in [-0.05, 0) is 57.7 Å². The number of nitrogens with one attached hydrogen (secondary N) is 2. The van der Waals surface area contributed by atoms with Crippen molar-refractivity contribution in [1.29, 1.82) is 0 Å². The number of alkyl carbamates (subject to hydrolysis) is 2. The summed E-state index contributed by atoms with van der Waals surface area (Å²) >= 11 is 0. The molecule has 3 rings (SSSR count). The quantitative estimate of drug-likeness (QED) is 0.233. The van der Waals surface area contributed by atoms with E-state index in [0.29, 0.717) is 17.1 Å². The molecule has 1 aliphatic rings. The first-order valence-electron chi connectivity index (χ1n) is 12.7. The van der Waals surface area contributed by atoms with Crippen molar-refractivity contribution >= 4 is 34.1 Å². The van der Waals surface area contributed by atoms with E-state index in [0.717, 1.165) is 5.56 Å². The van der Waals surface area contributed by atoms with Gasteiger partial charge in [-0.15, -0.1) is 0 Å². The third kappa shape index (κ3) is 8.43. The van der Waals surface area contributed by atoms with Gasteiger partial charge in [0.05, 0.1) is 5.56 Å². The van der Waals surface area contributed by atoms with Crippen LogP contribution in [0.15, 0.2) is 59.5 Å². The van der Waals surface area contributed by atoms with Crippen LogP contribution >= 0.6 is 0 Å². The number of esters is 1. The molecule has 13 heteroatoms. The third-order valence-corrected chi connectivity index (χ3v) is 7.38. The molecule has 1 atom stereocenters. The summed E-state index contributed by atoms with van der Waals surface area (Å²) in [4.78, 5) is 49.5. The van der Waals surface area contributed by atoms with E-state index >= 15 is 0 Å². The van der Waals surface area contributed by atoms with Gasteiger partial charge in [0.15, 0.2) is 6.73 Å². The van der Waals surface area contributed by atoms with Crippen molar-refractivity contribution in [3.8, 4) is 0 Å². The van der Waals surface area contributed by atoms with Gasteiger partial charge in [0, 0.05) is 6.54 Å². The Morgan fingerprint density at radius 2 is 1.60 bits per heavy atom. The number of carbonyl (C=O) groups excluding carboxylic acids is 4. The van der Waals surface area contributed by atoms with Crippen LogP contribution in [-0.4, -0.2) is 61.7 Å². The molecule has 3 amide bonds. The lowest BCUT2D eigenvalue weighted by atomic mass is 10.1. The van der Waals surface area contributed by atoms with Gasteiger partial charge in [-0.1, -0.05) is 42.5 Å². The number of fused-ring (bicyclic) bond motifs is 1. The maximum Gasteiger partial charge on any atom is 0.408 e. The lowest BCUT2D eigenvalue weighted by Gasteiger charge is -2.23. The molecule has 2 aromatic carbocycles. The molecule has 40 heavy (non-hydrogen) atoms. The second-order valence-corrected chi connectivity index (χ2v) is 11.8. The Bertz CT molecular complexity index is 1320. The fraction of sp³-hybridized carbons (Fsp3) is 0.407. The number of carbonyl (C=O) groups is 4. The molecular weight excluding hydrogens is 542 g/mol. The van der Waals surface area contributed by atoms with Crippen LogP contribution in [0.3, 0.4) is 0 Å². The minimum absolute atomic E-state index is 0.0169. The van der Waals surface area contributed by atoms with Gasteiger partial charge in [-0.2, -0.15) is 4.31 Å². The van der Waals surface area contributed by atoms with Crippen molar-refractivity contribution < 1.29 is 41.8 Å². The molecule has 0 saturated carbocycles. The highest BCUT2D eigenvalue weighted by molar-refractivity contribution is 7.90. The van der Waals surface area contributed by atoms with E-state index in [2.05, 4.69) is 10.6 Å². The molecule has 12 nitrogen and oxygen atoms in total. The van der Waals surface area contributed by atoms with Crippen LogP contribution in [0, 0.1) is 0 Å². The lowest BCUT2D eigenvalue weighted by molar-refractivity contribution is -0.148. The fourth-order valence-electron chi connectivity index (χ4n) is 3.72. The van der Waals surface area contributed by atoms with Crippen LogP contribution in [0.2, 0.25) is 0 Å². The van der Waals surface area contributed by atoms with Crippen LogP contribution in [0.4, 0.5) is 9.59 Å². The van der Waals surface area contributed by atoms with Crippen LogP contribution in [0.1, 0.15) is 56.0 Å². The van der Waals surface area contributed by atoms with Crippen molar-refractivity contribution in [2.45, 2.75) is 63.2 Å². The fourth-order valence-corrected chi connectivity index (χ4v) is 5.15. The molecule has 216 valence electrons. The first-order valence-corrected chi connectivity index (χ1v) is 14.1. The summed E-state index contributed by atoms with van der Waals surface area (Å²) in [6.45, 7) is 4.50. The van der Waals surface area contributed by atoms with E-state index in [1.54, 1.807) is 20.8 Å². The van der Waals surface area contributed by atoms with E-state index in [1.165, 1.54) is 24.3 Å². The predicted molar refractivity (Wildman–Crippen MR) is 142 cm³/mol. The van der Waals surface area contributed by atoms with E-state index in [-0.39, 0.29) is 30.0 Å². The summed E-state index contributed by atoms with van der Waals surface area (Å²) in [5.74, 6) is -1.76. The zero-order valence-electron chi connectivity index (χ0n) is 22.5. The number of ether oxygens (including phenoxy) is 3. The average Bonchev–Trinajstić information content (AvgIpc) is 3.09. The number of amides is 3. The highest BCUT2D eigenvalue weighted by Crippen LogP contribution is 2.29. The van der Waals surface area contributed by atoms with E-state index in [1.807, 2.05) is 30.3 Å². The van der Waals surface area contributed by atoms with Gasteiger partial charge < -0.3 is 24.8 Å². The maximum absolute atomic E-state index is 12.9. The molecule has 2 N–H and O–H groups in total. The number of rotatable bonds is 11. The van der Waals surface area contributed by atoms with Gasteiger partial charge in [-0.25, -0.2) is 22.8 Å². The van der Waals surface area contributed by atoms with E-state index < -0.39 is 52.5 Å². The van der Waals surface area contributed by atoms with Gasteiger partial charge >= 0.3 is 18.2 Å². The predicted octanol–water partition coefficient (Wildman–Crippen LogP) is 3.32. The first-order chi connectivity index (χ1) is 18.9. The Labute approximate surface area is 233 Å². The van der Waals surface area contributed by atoms with Crippen LogP contribution in [-0.2, 0) is 35.6 Å². The summed E-state index contributed by atoms with van der Waals surface area (Å²) < 4.78 is 41.4. The molecule has 0 spiro atoms. The summed E-state index contributed by atoms with van der Waals surface area (Å²) in [5, 5.41) is 5.05. The first kappa shape index (κ1) is 30.4. The second kappa shape index (κ2) is 13.3. The van der Waals surface area contributed by atoms with Gasteiger partial charge in [0.25, 0.3) is 15.9 Å². The van der Waals surface area contributed by atoms with Crippen molar-refractivity contribution in [1.82, 2.24) is 14.9 Å². The number of sulfonamides is 1. The smallest absolute Gasteiger partial charge is 0.408 e. The van der Waals surface area contributed by atoms with Crippen molar-refractivity contribution in [2.24, 2.45) is 0 Å². The standard InChI is InChI=1S/C27H33N3O9S/c1-27(2,3)39-26(34)29-21(14-9-10-16-28-25(33)37-17-19-11-5-4-6-12-19)24(32)38-18-30-23(31)20-13-7-8-15-22(20)40(30,35)36/h4-8,11-13,15,21H,9-10,14,16-18H2,1-3H3,(H,28,33)(H,29,34)/t21-/m0/s1. The number of hydrogen-bond donors (Lipinski definition) is 2. The molecule has 1 aliphatic heterocycles. The molecule has 0 radical (unpaired) electrons.